The standard InChI is InChI=1S/C25H20N4O3S/c1-30-18-10-6-17(7-11-18)25-24(21-13-12-20(31-2)15-22(21)33-25)32-19-8-3-16(4-9-19)5-14-23-26-28-29-27-23/h3-15H,1-2H3,(H,26,27,28,29). The molecule has 5 rings (SSSR count). The van der Waals surface area contributed by atoms with Crippen molar-refractivity contribution < 1.29 is 14.2 Å². The zero-order valence-corrected chi connectivity index (χ0v) is 18.8. The number of nitrogens with zero attached hydrogens (tertiary/aromatic N) is 3. The Bertz CT molecular complexity index is 1390. The molecule has 0 aliphatic carbocycles. The van der Waals surface area contributed by atoms with Crippen LogP contribution in [0, 0.1) is 0 Å². The molecule has 1 N–H and O–H groups in total. The summed E-state index contributed by atoms with van der Waals surface area (Å²) in [6.07, 6.45) is 3.71. The van der Waals surface area contributed by atoms with Crippen molar-refractivity contribution in [1.82, 2.24) is 20.6 Å². The first kappa shape index (κ1) is 20.7. The summed E-state index contributed by atoms with van der Waals surface area (Å²) in [6.45, 7) is 0. The lowest BCUT2D eigenvalue weighted by Crippen LogP contribution is -1.87. The Balaban J connectivity index is 1.49. The van der Waals surface area contributed by atoms with E-state index in [9.17, 15) is 0 Å². The first-order valence-corrected chi connectivity index (χ1v) is 11.0. The summed E-state index contributed by atoms with van der Waals surface area (Å²) in [6, 6.07) is 21.9. The van der Waals surface area contributed by atoms with E-state index >= 15 is 0 Å². The largest absolute Gasteiger partial charge is 0.497 e. The van der Waals surface area contributed by atoms with Gasteiger partial charge in [0.05, 0.1) is 19.1 Å². The number of hydrogen-bond acceptors (Lipinski definition) is 7. The van der Waals surface area contributed by atoms with E-state index in [1.54, 1.807) is 31.6 Å². The maximum absolute atomic E-state index is 6.43. The molecule has 8 heteroatoms. The first-order valence-electron chi connectivity index (χ1n) is 10.2. The number of H-pyrrole nitrogens is 1. The maximum atomic E-state index is 6.43. The van der Waals surface area contributed by atoms with E-state index in [1.807, 2.05) is 72.8 Å². The van der Waals surface area contributed by atoms with Gasteiger partial charge in [-0.3, -0.25) is 0 Å². The van der Waals surface area contributed by atoms with Gasteiger partial charge in [-0.2, -0.15) is 5.21 Å². The van der Waals surface area contributed by atoms with E-state index in [4.69, 9.17) is 14.2 Å². The van der Waals surface area contributed by atoms with Crippen LogP contribution in [0.3, 0.4) is 0 Å². The Hall–Kier alpha value is -4.17. The molecule has 2 heterocycles. The summed E-state index contributed by atoms with van der Waals surface area (Å²) in [5.74, 6) is 3.72. The summed E-state index contributed by atoms with van der Waals surface area (Å²) < 4.78 is 18.2. The molecule has 2 aromatic heterocycles. The van der Waals surface area contributed by atoms with Gasteiger partial charge in [0.15, 0.2) is 11.6 Å². The fourth-order valence-corrected chi connectivity index (χ4v) is 4.55. The summed E-state index contributed by atoms with van der Waals surface area (Å²) in [5.41, 5.74) is 2.06. The Morgan fingerprint density at radius 3 is 2.24 bits per heavy atom. The van der Waals surface area contributed by atoms with E-state index < -0.39 is 0 Å². The lowest BCUT2D eigenvalue weighted by atomic mass is 10.1. The third-order valence-electron chi connectivity index (χ3n) is 5.09. The number of hydrogen-bond donors (Lipinski definition) is 1. The number of benzene rings is 3. The smallest absolute Gasteiger partial charge is 0.197 e. The van der Waals surface area contributed by atoms with Crippen molar-refractivity contribution in [3.8, 4) is 33.4 Å². The van der Waals surface area contributed by atoms with Gasteiger partial charge in [0.1, 0.15) is 17.2 Å². The third kappa shape index (κ3) is 4.42. The summed E-state index contributed by atoms with van der Waals surface area (Å²) in [7, 11) is 3.33. The van der Waals surface area contributed by atoms with E-state index in [0.29, 0.717) is 5.82 Å². The van der Waals surface area contributed by atoms with Crippen LogP contribution in [0.4, 0.5) is 0 Å². The Labute approximate surface area is 194 Å². The minimum absolute atomic E-state index is 0.527. The Kier molecular flexibility index (Phi) is 5.73. The van der Waals surface area contributed by atoms with Crippen LogP contribution in [-0.2, 0) is 0 Å². The highest BCUT2D eigenvalue weighted by Gasteiger charge is 2.17. The molecule has 0 radical (unpaired) electrons. The van der Waals surface area contributed by atoms with Crippen LogP contribution in [-0.4, -0.2) is 34.8 Å². The van der Waals surface area contributed by atoms with E-state index in [2.05, 4.69) is 20.6 Å². The molecule has 0 saturated carbocycles. The highest BCUT2D eigenvalue weighted by atomic mass is 32.1. The fourth-order valence-electron chi connectivity index (χ4n) is 3.39. The topological polar surface area (TPSA) is 82.1 Å². The molecule has 164 valence electrons. The molecule has 0 aliphatic rings. The molecule has 0 bridgehead atoms. The summed E-state index contributed by atoms with van der Waals surface area (Å²) in [4.78, 5) is 1.04. The van der Waals surface area contributed by atoms with E-state index in [1.165, 1.54) is 0 Å². The first-order chi connectivity index (χ1) is 16.2. The fraction of sp³-hybridized carbons (Fsp3) is 0.0800. The predicted molar refractivity (Wildman–Crippen MR) is 130 cm³/mol. The number of methoxy groups -OCH3 is 2. The van der Waals surface area contributed by atoms with Crippen LogP contribution in [0.2, 0.25) is 0 Å². The van der Waals surface area contributed by atoms with Gasteiger partial charge in [0, 0.05) is 10.1 Å². The monoisotopic (exact) mass is 456 g/mol. The molecule has 0 saturated heterocycles. The summed E-state index contributed by atoms with van der Waals surface area (Å²) in [5, 5.41) is 14.8. The molecule has 0 fully saturated rings. The molecule has 0 unspecified atom stereocenters. The van der Waals surface area contributed by atoms with Gasteiger partial charge < -0.3 is 14.2 Å². The molecular formula is C25H20N4O3S. The molecule has 7 nitrogen and oxygen atoms in total. The van der Waals surface area contributed by atoms with Crippen molar-refractivity contribution in [3.05, 3.63) is 78.1 Å². The van der Waals surface area contributed by atoms with Gasteiger partial charge in [-0.1, -0.05) is 18.2 Å². The average Bonchev–Trinajstić information content (AvgIpc) is 3.51. The lowest BCUT2D eigenvalue weighted by molar-refractivity contribution is 0.415. The van der Waals surface area contributed by atoms with Crippen molar-refractivity contribution in [2.45, 2.75) is 0 Å². The van der Waals surface area contributed by atoms with Crippen LogP contribution in [0.5, 0.6) is 23.0 Å². The third-order valence-corrected chi connectivity index (χ3v) is 6.27. The highest BCUT2D eigenvalue weighted by molar-refractivity contribution is 7.22. The van der Waals surface area contributed by atoms with Gasteiger partial charge in [0.2, 0.25) is 0 Å². The van der Waals surface area contributed by atoms with Gasteiger partial charge in [0.25, 0.3) is 0 Å². The molecule has 33 heavy (non-hydrogen) atoms. The van der Waals surface area contributed by atoms with Crippen molar-refractivity contribution in [2.24, 2.45) is 0 Å². The van der Waals surface area contributed by atoms with Gasteiger partial charge in [-0.15, -0.1) is 21.5 Å². The zero-order chi connectivity index (χ0) is 22.6. The van der Waals surface area contributed by atoms with Crippen LogP contribution in [0.1, 0.15) is 11.4 Å². The number of fused-ring (bicyclic) bond motifs is 1. The lowest BCUT2D eigenvalue weighted by Gasteiger charge is -2.09. The molecule has 0 spiro atoms. The average molecular weight is 457 g/mol. The number of aromatic amines is 1. The number of ether oxygens (including phenoxy) is 3. The second-order valence-electron chi connectivity index (χ2n) is 7.13. The normalized spacial score (nSPS) is 11.2. The van der Waals surface area contributed by atoms with Crippen molar-refractivity contribution in [2.75, 3.05) is 14.2 Å². The number of aromatic nitrogens is 4. The molecule has 0 atom stereocenters. The van der Waals surface area contributed by atoms with Crippen molar-refractivity contribution >= 4 is 33.6 Å². The van der Waals surface area contributed by atoms with Crippen LogP contribution >= 0.6 is 11.3 Å². The molecular weight excluding hydrogens is 436 g/mol. The quantitative estimate of drug-likeness (QED) is 0.320. The van der Waals surface area contributed by atoms with Crippen LogP contribution in [0.25, 0.3) is 32.7 Å². The minimum atomic E-state index is 0.527. The van der Waals surface area contributed by atoms with Crippen molar-refractivity contribution in [1.29, 1.82) is 0 Å². The van der Waals surface area contributed by atoms with Crippen LogP contribution < -0.4 is 14.2 Å². The minimum Gasteiger partial charge on any atom is -0.497 e. The van der Waals surface area contributed by atoms with Gasteiger partial charge in [-0.25, -0.2) is 0 Å². The number of tetrazole rings is 1. The molecule has 0 amide bonds. The highest BCUT2D eigenvalue weighted by Crippen LogP contribution is 2.47. The molecule has 0 aliphatic heterocycles. The zero-order valence-electron chi connectivity index (χ0n) is 18.0. The molecule has 5 aromatic rings. The predicted octanol–water partition coefficient (Wildman–Crippen LogP) is 6.06. The Morgan fingerprint density at radius 2 is 1.55 bits per heavy atom. The number of rotatable bonds is 7. The number of nitrogens with one attached hydrogen (secondary N) is 1. The molecule has 3 aromatic carbocycles. The van der Waals surface area contributed by atoms with Crippen molar-refractivity contribution in [3.63, 3.8) is 0 Å². The second kappa shape index (κ2) is 9.13. The number of thiophene rings is 1. The second-order valence-corrected chi connectivity index (χ2v) is 8.18. The van der Waals surface area contributed by atoms with E-state index in [-0.39, 0.29) is 0 Å². The van der Waals surface area contributed by atoms with E-state index in [0.717, 1.165) is 49.1 Å². The SMILES string of the molecule is COc1ccc(-c2sc3cc(OC)ccc3c2Oc2ccc(C=Cc3nn[nH]n3)cc2)cc1. The van der Waals surface area contributed by atoms with Crippen LogP contribution in [0.15, 0.2) is 66.7 Å². The Morgan fingerprint density at radius 1 is 0.818 bits per heavy atom. The van der Waals surface area contributed by atoms with Gasteiger partial charge >= 0.3 is 0 Å². The van der Waals surface area contributed by atoms with Gasteiger partial charge in [-0.05, 0) is 77.0 Å². The maximum Gasteiger partial charge on any atom is 0.197 e. The summed E-state index contributed by atoms with van der Waals surface area (Å²) >= 11 is 1.67.